The van der Waals surface area contributed by atoms with Crippen molar-refractivity contribution in [1.82, 2.24) is 14.4 Å². The van der Waals surface area contributed by atoms with Crippen LogP contribution in [0.25, 0.3) is 0 Å². The number of halogens is 1. The summed E-state index contributed by atoms with van der Waals surface area (Å²) in [6.07, 6.45) is 2.80. The van der Waals surface area contributed by atoms with Gasteiger partial charge in [0.2, 0.25) is 10.0 Å². The summed E-state index contributed by atoms with van der Waals surface area (Å²) < 4.78 is 30.9. The van der Waals surface area contributed by atoms with Crippen molar-refractivity contribution < 1.29 is 12.9 Å². The van der Waals surface area contributed by atoms with Gasteiger partial charge in [0.1, 0.15) is 23.9 Å². The summed E-state index contributed by atoms with van der Waals surface area (Å²) in [5, 5.41) is 12.9. The zero-order valence-electron chi connectivity index (χ0n) is 12.6. The average molecular weight is 368 g/mol. The van der Waals surface area contributed by atoms with E-state index in [1.165, 1.54) is 22.8 Å². The molecule has 0 N–H and O–H groups in total. The molecule has 1 saturated heterocycles. The van der Waals surface area contributed by atoms with Crippen molar-refractivity contribution in [2.24, 2.45) is 0 Å². The molecule has 0 saturated carbocycles. The topological polar surface area (TPSA) is 103 Å². The van der Waals surface area contributed by atoms with E-state index in [-0.39, 0.29) is 5.75 Å². The predicted octanol–water partition coefficient (Wildman–Crippen LogP) is 1.25. The molecule has 0 aliphatic carbocycles. The number of rotatable bonds is 4. The zero-order valence-corrected chi connectivity index (χ0v) is 14.2. The molecular weight excluding hydrogens is 354 g/mol. The van der Waals surface area contributed by atoms with Crippen LogP contribution in [0.3, 0.4) is 0 Å². The second-order valence-electron chi connectivity index (χ2n) is 5.27. The Balaban J connectivity index is 1.66. The molecule has 0 aromatic carbocycles. The Morgan fingerprint density at radius 2 is 2.08 bits per heavy atom. The van der Waals surface area contributed by atoms with Crippen LogP contribution in [0.4, 0.5) is 5.82 Å². The van der Waals surface area contributed by atoms with Crippen molar-refractivity contribution in [2.45, 2.75) is 5.75 Å². The number of anilines is 1. The minimum Gasteiger partial charge on any atom is -0.364 e. The fraction of sp³-hybridized carbons (Fsp3) is 0.357. The van der Waals surface area contributed by atoms with Gasteiger partial charge >= 0.3 is 0 Å². The van der Waals surface area contributed by atoms with Crippen LogP contribution in [0, 0.1) is 11.3 Å². The Hall–Kier alpha value is -2.15. The summed E-state index contributed by atoms with van der Waals surface area (Å²) in [4.78, 5) is 6.11. The molecular formula is C14H14ClN5O3S. The molecule has 0 amide bonds. The highest BCUT2D eigenvalue weighted by molar-refractivity contribution is 7.88. The lowest BCUT2D eigenvalue weighted by molar-refractivity contribution is 0.380. The van der Waals surface area contributed by atoms with Crippen LogP contribution in [0.15, 0.2) is 29.1 Å². The minimum absolute atomic E-state index is 0.181. The van der Waals surface area contributed by atoms with E-state index >= 15 is 0 Å². The first-order valence-corrected chi connectivity index (χ1v) is 9.16. The second-order valence-corrected chi connectivity index (χ2v) is 7.65. The number of hydrogen-bond donors (Lipinski definition) is 0. The molecule has 0 spiro atoms. The van der Waals surface area contributed by atoms with Gasteiger partial charge in [0.05, 0.1) is 16.3 Å². The molecule has 2 aromatic rings. The van der Waals surface area contributed by atoms with Gasteiger partial charge in [-0.3, -0.25) is 0 Å². The zero-order chi connectivity index (χ0) is 17.2. The second kappa shape index (κ2) is 6.76. The molecule has 0 radical (unpaired) electrons. The molecule has 126 valence electrons. The van der Waals surface area contributed by atoms with E-state index < -0.39 is 10.0 Å². The molecule has 0 atom stereocenters. The minimum atomic E-state index is -3.44. The fourth-order valence-corrected chi connectivity index (χ4v) is 4.20. The molecule has 24 heavy (non-hydrogen) atoms. The van der Waals surface area contributed by atoms with Gasteiger partial charge in [0.15, 0.2) is 0 Å². The van der Waals surface area contributed by atoms with Crippen molar-refractivity contribution in [3.05, 3.63) is 40.9 Å². The summed E-state index contributed by atoms with van der Waals surface area (Å²) in [5.41, 5.74) is 0.770. The molecule has 0 bridgehead atoms. The van der Waals surface area contributed by atoms with Crippen molar-refractivity contribution in [1.29, 1.82) is 5.26 Å². The van der Waals surface area contributed by atoms with Gasteiger partial charge in [-0.05, 0) is 6.07 Å². The van der Waals surface area contributed by atoms with E-state index in [9.17, 15) is 8.42 Å². The third kappa shape index (κ3) is 3.51. The number of piperazine rings is 1. The maximum absolute atomic E-state index is 12.4. The van der Waals surface area contributed by atoms with Crippen molar-refractivity contribution >= 4 is 27.4 Å². The van der Waals surface area contributed by atoms with Crippen LogP contribution in [0.5, 0.6) is 0 Å². The van der Waals surface area contributed by atoms with Gasteiger partial charge in [-0.15, -0.1) is 0 Å². The van der Waals surface area contributed by atoms with Gasteiger partial charge in [0.25, 0.3) is 0 Å². The Labute approximate surface area is 144 Å². The summed E-state index contributed by atoms with van der Waals surface area (Å²) in [7, 11) is -3.44. The standard InChI is InChI=1S/C14H14ClN5O3S/c15-13-7-11(8-16)9-17-14(13)19-2-4-20(5-3-19)24(21,22)10-12-1-6-23-18-12/h1,6-7,9H,2-5,10H2. The van der Waals surface area contributed by atoms with Crippen LogP contribution in [0.2, 0.25) is 5.02 Å². The molecule has 8 nitrogen and oxygen atoms in total. The summed E-state index contributed by atoms with van der Waals surface area (Å²) >= 11 is 6.16. The number of hydrogen-bond acceptors (Lipinski definition) is 7. The molecule has 10 heteroatoms. The molecule has 3 rings (SSSR count). The maximum Gasteiger partial charge on any atom is 0.220 e. The predicted molar refractivity (Wildman–Crippen MR) is 86.9 cm³/mol. The van der Waals surface area contributed by atoms with Gasteiger partial charge in [-0.2, -0.15) is 9.57 Å². The van der Waals surface area contributed by atoms with E-state index in [1.54, 1.807) is 6.07 Å². The lowest BCUT2D eigenvalue weighted by atomic mass is 10.3. The number of sulfonamides is 1. The fourth-order valence-electron chi connectivity index (χ4n) is 2.49. The van der Waals surface area contributed by atoms with Gasteiger partial charge in [0, 0.05) is 38.4 Å². The third-order valence-electron chi connectivity index (χ3n) is 3.70. The van der Waals surface area contributed by atoms with Crippen LogP contribution in [-0.4, -0.2) is 49.0 Å². The summed E-state index contributed by atoms with van der Waals surface area (Å²) in [5.74, 6) is 0.378. The van der Waals surface area contributed by atoms with Crippen molar-refractivity contribution in [3.63, 3.8) is 0 Å². The summed E-state index contributed by atoms with van der Waals surface area (Å²) in [6, 6.07) is 5.07. The Morgan fingerprint density at radius 1 is 1.33 bits per heavy atom. The van der Waals surface area contributed by atoms with Crippen LogP contribution >= 0.6 is 11.6 Å². The Bertz CT molecular complexity index is 855. The highest BCUT2D eigenvalue weighted by Gasteiger charge is 2.29. The Morgan fingerprint density at radius 3 is 2.67 bits per heavy atom. The number of nitriles is 1. The number of aromatic nitrogens is 2. The first-order valence-electron chi connectivity index (χ1n) is 7.17. The Kier molecular flexibility index (Phi) is 4.71. The summed E-state index contributed by atoms with van der Waals surface area (Å²) in [6.45, 7) is 1.60. The van der Waals surface area contributed by atoms with Gasteiger partial charge in [-0.25, -0.2) is 13.4 Å². The molecule has 0 unspecified atom stereocenters. The van der Waals surface area contributed by atoms with Crippen LogP contribution in [0.1, 0.15) is 11.3 Å². The maximum atomic E-state index is 12.4. The molecule has 1 fully saturated rings. The van der Waals surface area contributed by atoms with Crippen LogP contribution < -0.4 is 4.90 Å². The van der Waals surface area contributed by atoms with Crippen molar-refractivity contribution in [2.75, 3.05) is 31.1 Å². The van der Waals surface area contributed by atoms with E-state index in [0.717, 1.165) is 0 Å². The quantitative estimate of drug-likeness (QED) is 0.800. The SMILES string of the molecule is N#Cc1cnc(N2CCN(S(=O)(=O)Cc3ccon3)CC2)c(Cl)c1. The van der Waals surface area contributed by atoms with Gasteiger partial charge < -0.3 is 9.42 Å². The smallest absolute Gasteiger partial charge is 0.220 e. The van der Waals surface area contributed by atoms with E-state index in [4.69, 9.17) is 16.9 Å². The first-order chi connectivity index (χ1) is 11.5. The van der Waals surface area contributed by atoms with E-state index in [0.29, 0.717) is 48.3 Å². The molecule has 1 aliphatic heterocycles. The number of nitrogens with zero attached hydrogens (tertiary/aromatic N) is 5. The van der Waals surface area contributed by atoms with Gasteiger partial charge in [-0.1, -0.05) is 16.8 Å². The molecule has 3 heterocycles. The van der Waals surface area contributed by atoms with E-state index in [2.05, 4.69) is 14.7 Å². The van der Waals surface area contributed by atoms with Crippen molar-refractivity contribution in [3.8, 4) is 6.07 Å². The number of pyridine rings is 1. The first kappa shape index (κ1) is 16.7. The molecule has 2 aromatic heterocycles. The normalized spacial score (nSPS) is 16.1. The highest BCUT2D eigenvalue weighted by Crippen LogP contribution is 2.25. The highest BCUT2D eigenvalue weighted by atomic mass is 35.5. The molecule has 1 aliphatic rings. The average Bonchev–Trinajstić information content (AvgIpc) is 3.07. The lowest BCUT2D eigenvalue weighted by Gasteiger charge is -2.34. The third-order valence-corrected chi connectivity index (χ3v) is 5.79. The van der Waals surface area contributed by atoms with E-state index in [1.807, 2.05) is 11.0 Å². The van der Waals surface area contributed by atoms with Crippen LogP contribution in [-0.2, 0) is 15.8 Å². The lowest BCUT2D eigenvalue weighted by Crippen LogP contribution is -2.49. The monoisotopic (exact) mass is 367 g/mol. The largest absolute Gasteiger partial charge is 0.364 e.